The Kier molecular flexibility index (Phi) is 10.0. The van der Waals surface area contributed by atoms with Gasteiger partial charge in [-0.25, -0.2) is 0 Å². The summed E-state index contributed by atoms with van der Waals surface area (Å²) in [5, 5.41) is 9.81. The van der Waals surface area contributed by atoms with Crippen LogP contribution in [-0.4, -0.2) is 38.6 Å². The van der Waals surface area contributed by atoms with E-state index in [9.17, 15) is 9.59 Å². The lowest BCUT2D eigenvalue weighted by molar-refractivity contribution is -0.122. The largest absolute Gasteiger partial charge is 0.497 e. The van der Waals surface area contributed by atoms with Crippen molar-refractivity contribution in [3.63, 3.8) is 0 Å². The second-order valence-corrected chi connectivity index (χ2v) is 9.64. The zero-order valence-electron chi connectivity index (χ0n) is 22.4. The van der Waals surface area contributed by atoms with Crippen LogP contribution in [0.1, 0.15) is 27.4 Å². The molecule has 40 heavy (non-hydrogen) atoms. The van der Waals surface area contributed by atoms with E-state index in [-0.39, 0.29) is 18.4 Å². The van der Waals surface area contributed by atoms with Crippen molar-refractivity contribution >= 4 is 29.1 Å². The van der Waals surface area contributed by atoms with E-state index in [0.29, 0.717) is 35.2 Å². The topological polar surface area (TPSA) is 88.7 Å². The van der Waals surface area contributed by atoms with Gasteiger partial charge in [-0.2, -0.15) is 0 Å². The van der Waals surface area contributed by atoms with Crippen LogP contribution in [0.3, 0.4) is 0 Å². The predicted octanol–water partition coefficient (Wildman–Crippen LogP) is 6.19. The lowest BCUT2D eigenvalue weighted by Gasteiger charge is -2.19. The number of ether oxygens (including phenoxy) is 2. The Morgan fingerprint density at radius 1 is 0.800 bits per heavy atom. The smallest absolute Gasteiger partial charge is 0.251 e. The van der Waals surface area contributed by atoms with Crippen molar-refractivity contribution in [1.82, 2.24) is 10.6 Å². The summed E-state index contributed by atoms with van der Waals surface area (Å²) in [6.45, 7) is 3.02. The average Bonchev–Trinajstić information content (AvgIpc) is 2.97. The maximum Gasteiger partial charge on any atom is 0.251 e. The van der Waals surface area contributed by atoms with Gasteiger partial charge in [-0.05, 0) is 85.3 Å². The number of methoxy groups -OCH3 is 1. The fraction of sp³-hybridized carbons (Fsp3) is 0.188. The molecule has 0 saturated carbocycles. The number of amides is 2. The highest BCUT2D eigenvalue weighted by Crippen LogP contribution is 2.25. The molecule has 4 rings (SSSR count). The third kappa shape index (κ3) is 8.25. The molecule has 0 saturated heterocycles. The van der Waals surface area contributed by atoms with Crippen LogP contribution in [0.4, 0.5) is 5.69 Å². The molecule has 4 aromatic rings. The molecule has 7 nitrogen and oxygen atoms in total. The lowest BCUT2D eigenvalue weighted by Crippen LogP contribution is -2.39. The van der Waals surface area contributed by atoms with Gasteiger partial charge in [0.15, 0.2) is 0 Å². The Labute approximate surface area is 239 Å². The molecule has 0 aliphatic carbocycles. The van der Waals surface area contributed by atoms with Crippen molar-refractivity contribution in [2.24, 2.45) is 0 Å². The third-order valence-corrected chi connectivity index (χ3v) is 6.49. The fourth-order valence-electron chi connectivity index (χ4n) is 4.08. The molecule has 0 aliphatic rings. The van der Waals surface area contributed by atoms with Crippen molar-refractivity contribution < 1.29 is 19.1 Å². The molecule has 1 unspecified atom stereocenters. The summed E-state index contributed by atoms with van der Waals surface area (Å²) in [6.07, 6.45) is 0. The van der Waals surface area contributed by atoms with Crippen LogP contribution < -0.4 is 25.4 Å². The van der Waals surface area contributed by atoms with E-state index in [4.69, 9.17) is 21.1 Å². The summed E-state index contributed by atoms with van der Waals surface area (Å²) in [6, 6.07) is 29.3. The highest BCUT2D eigenvalue weighted by atomic mass is 35.5. The van der Waals surface area contributed by atoms with Gasteiger partial charge < -0.3 is 25.4 Å². The fourth-order valence-corrected chi connectivity index (χ4v) is 4.20. The molecule has 0 aromatic heterocycles. The first-order valence-corrected chi connectivity index (χ1v) is 13.3. The molecule has 206 valence electrons. The standard InChI is InChI=1S/C32H32ClN3O4/c1-22-4-3-5-24(20-22)31(37)36-21-30(32(38)35-19-18-34-26-10-16-27(39-2)17-11-26)23-6-12-28(13-7-23)40-29-14-8-25(33)9-15-29/h3-17,20,30,34H,18-19,21H2,1-2H3,(H,35,38)(H,36,37). The second kappa shape index (κ2) is 14.1. The Bertz CT molecular complexity index is 1410. The minimum absolute atomic E-state index is 0.141. The highest BCUT2D eigenvalue weighted by Gasteiger charge is 2.22. The average molecular weight is 558 g/mol. The van der Waals surface area contributed by atoms with Gasteiger partial charge >= 0.3 is 0 Å². The van der Waals surface area contributed by atoms with E-state index in [1.807, 2.05) is 61.5 Å². The van der Waals surface area contributed by atoms with E-state index in [1.54, 1.807) is 49.6 Å². The predicted molar refractivity (Wildman–Crippen MR) is 159 cm³/mol. The highest BCUT2D eigenvalue weighted by molar-refractivity contribution is 6.30. The molecular formula is C32H32ClN3O4. The van der Waals surface area contributed by atoms with E-state index >= 15 is 0 Å². The van der Waals surface area contributed by atoms with Gasteiger partial charge in [0, 0.05) is 35.9 Å². The molecular weight excluding hydrogens is 526 g/mol. The number of halogens is 1. The summed E-state index contributed by atoms with van der Waals surface area (Å²) >= 11 is 5.95. The Morgan fingerprint density at radius 2 is 1.45 bits per heavy atom. The van der Waals surface area contributed by atoms with Gasteiger partial charge in [-0.3, -0.25) is 9.59 Å². The maximum atomic E-state index is 13.3. The van der Waals surface area contributed by atoms with Gasteiger partial charge in [0.05, 0.1) is 13.0 Å². The van der Waals surface area contributed by atoms with Crippen LogP contribution in [0.5, 0.6) is 17.2 Å². The molecule has 0 radical (unpaired) electrons. The summed E-state index contributed by atoms with van der Waals surface area (Å²) in [5.74, 6) is 1.04. The number of hydrogen-bond donors (Lipinski definition) is 3. The Hall–Kier alpha value is -4.49. The van der Waals surface area contributed by atoms with Gasteiger partial charge in [-0.1, -0.05) is 41.4 Å². The number of carbonyl (C=O) groups excluding carboxylic acids is 2. The molecule has 0 bridgehead atoms. The van der Waals surface area contributed by atoms with Gasteiger partial charge in [-0.15, -0.1) is 0 Å². The van der Waals surface area contributed by atoms with Crippen LogP contribution in [0, 0.1) is 6.92 Å². The van der Waals surface area contributed by atoms with E-state index in [2.05, 4.69) is 16.0 Å². The lowest BCUT2D eigenvalue weighted by atomic mass is 9.97. The van der Waals surface area contributed by atoms with Crippen molar-refractivity contribution in [3.8, 4) is 17.2 Å². The SMILES string of the molecule is COc1ccc(NCCNC(=O)C(CNC(=O)c2cccc(C)c2)c2ccc(Oc3ccc(Cl)cc3)cc2)cc1. The maximum absolute atomic E-state index is 13.3. The summed E-state index contributed by atoms with van der Waals surface area (Å²) in [7, 11) is 1.62. The Morgan fingerprint density at radius 3 is 2.10 bits per heavy atom. The molecule has 1 atom stereocenters. The number of rotatable bonds is 12. The second-order valence-electron chi connectivity index (χ2n) is 9.20. The van der Waals surface area contributed by atoms with Crippen molar-refractivity contribution in [2.45, 2.75) is 12.8 Å². The normalized spacial score (nSPS) is 11.3. The minimum atomic E-state index is -0.598. The van der Waals surface area contributed by atoms with Crippen LogP contribution in [0.25, 0.3) is 0 Å². The zero-order chi connectivity index (χ0) is 28.3. The number of hydrogen-bond acceptors (Lipinski definition) is 5. The van der Waals surface area contributed by atoms with Crippen LogP contribution >= 0.6 is 11.6 Å². The molecule has 0 spiro atoms. The molecule has 2 amide bonds. The molecule has 8 heteroatoms. The Balaban J connectivity index is 1.40. The van der Waals surface area contributed by atoms with E-state index < -0.39 is 5.92 Å². The first-order valence-electron chi connectivity index (χ1n) is 12.9. The molecule has 3 N–H and O–H groups in total. The number of benzene rings is 4. The molecule has 0 heterocycles. The van der Waals surface area contributed by atoms with E-state index in [1.165, 1.54) is 0 Å². The number of nitrogens with one attached hydrogen (secondary N) is 3. The monoisotopic (exact) mass is 557 g/mol. The van der Waals surface area contributed by atoms with Gasteiger partial charge in [0.2, 0.25) is 5.91 Å². The molecule has 0 fully saturated rings. The van der Waals surface area contributed by atoms with E-state index in [0.717, 1.165) is 22.6 Å². The van der Waals surface area contributed by atoms with Crippen molar-refractivity contribution in [3.05, 3.63) is 119 Å². The minimum Gasteiger partial charge on any atom is -0.497 e. The zero-order valence-corrected chi connectivity index (χ0v) is 23.2. The number of anilines is 1. The van der Waals surface area contributed by atoms with Gasteiger partial charge in [0.25, 0.3) is 5.91 Å². The van der Waals surface area contributed by atoms with Crippen LogP contribution in [0.15, 0.2) is 97.1 Å². The quantitative estimate of drug-likeness (QED) is 0.181. The summed E-state index contributed by atoms with van der Waals surface area (Å²) in [4.78, 5) is 26.1. The molecule has 4 aromatic carbocycles. The summed E-state index contributed by atoms with van der Waals surface area (Å²) < 4.78 is 11.1. The number of aryl methyl sites for hydroxylation is 1. The van der Waals surface area contributed by atoms with Crippen molar-refractivity contribution in [1.29, 1.82) is 0 Å². The molecule has 0 aliphatic heterocycles. The van der Waals surface area contributed by atoms with Crippen LogP contribution in [-0.2, 0) is 4.79 Å². The van der Waals surface area contributed by atoms with Gasteiger partial charge in [0.1, 0.15) is 17.2 Å². The van der Waals surface area contributed by atoms with Crippen LogP contribution in [0.2, 0.25) is 5.02 Å². The first kappa shape index (κ1) is 28.5. The number of carbonyl (C=O) groups is 2. The van der Waals surface area contributed by atoms with Crippen molar-refractivity contribution in [2.75, 3.05) is 32.1 Å². The summed E-state index contributed by atoms with van der Waals surface area (Å²) in [5.41, 5.74) is 3.22. The third-order valence-electron chi connectivity index (χ3n) is 6.24. The first-order chi connectivity index (χ1) is 19.4.